The fraction of sp³-hybridized carbons (Fsp3) is 0.444. The van der Waals surface area contributed by atoms with Crippen molar-refractivity contribution in [3.8, 4) is 5.69 Å². The van der Waals surface area contributed by atoms with Crippen molar-refractivity contribution in [3.05, 3.63) is 48.3 Å². The molecule has 1 aromatic carbocycles. The lowest BCUT2D eigenvalue weighted by molar-refractivity contribution is 0.241. The molecule has 1 heterocycles. The number of benzene rings is 1. The molecule has 2 aromatic rings. The summed E-state index contributed by atoms with van der Waals surface area (Å²) in [5, 5.41) is 16.9. The molecular weight excluding hydrogens is 429 g/mol. The number of hydrogen-bond donors (Lipinski definition) is 2. The smallest absolute Gasteiger partial charge is 0.193 e. The monoisotopic (exact) mass is 457 g/mol. The van der Waals surface area contributed by atoms with Gasteiger partial charge in [-0.15, -0.1) is 24.0 Å². The lowest BCUT2D eigenvalue weighted by atomic mass is 10.2. The Morgan fingerprint density at radius 3 is 2.72 bits per heavy atom. The van der Waals surface area contributed by atoms with Crippen LogP contribution in [0.4, 0.5) is 0 Å². The molecule has 0 amide bonds. The van der Waals surface area contributed by atoms with Crippen LogP contribution in [0.5, 0.6) is 0 Å². The molecule has 0 bridgehead atoms. The maximum Gasteiger partial charge on any atom is 0.193 e. The Kier molecular flexibility index (Phi) is 9.51. The molecule has 2 N–H and O–H groups in total. The summed E-state index contributed by atoms with van der Waals surface area (Å²) in [6.45, 7) is 6.30. The normalized spacial score (nSPS) is 12.4. The number of rotatable bonds is 7. The van der Waals surface area contributed by atoms with Crippen molar-refractivity contribution < 1.29 is 5.11 Å². The third-order valence-corrected chi connectivity index (χ3v) is 3.64. The number of aromatic nitrogens is 2. The van der Waals surface area contributed by atoms with Gasteiger partial charge in [-0.3, -0.25) is 4.99 Å². The zero-order valence-electron chi connectivity index (χ0n) is 15.1. The fourth-order valence-corrected chi connectivity index (χ4v) is 2.28. The Balaban J connectivity index is 0.00000312. The molecule has 1 aromatic heterocycles. The first kappa shape index (κ1) is 21.4. The molecule has 0 saturated heterocycles. The molecule has 25 heavy (non-hydrogen) atoms. The largest absolute Gasteiger partial charge is 0.396 e. The summed E-state index contributed by atoms with van der Waals surface area (Å²) in [6, 6.07) is 10.1. The van der Waals surface area contributed by atoms with E-state index in [9.17, 15) is 0 Å². The maximum absolute atomic E-state index is 9.15. The topological polar surface area (TPSA) is 65.7 Å². The van der Waals surface area contributed by atoms with Crippen molar-refractivity contribution in [1.82, 2.24) is 20.0 Å². The highest BCUT2D eigenvalue weighted by Gasteiger charge is 2.09. The van der Waals surface area contributed by atoms with Crippen LogP contribution < -0.4 is 5.32 Å². The van der Waals surface area contributed by atoms with Crippen LogP contribution in [0.2, 0.25) is 0 Å². The first-order chi connectivity index (χ1) is 11.6. The van der Waals surface area contributed by atoms with Crippen molar-refractivity contribution in [2.45, 2.75) is 20.4 Å². The van der Waals surface area contributed by atoms with Crippen LogP contribution in [0.15, 0.2) is 47.7 Å². The Morgan fingerprint density at radius 1 is 1.36 bits per heavy atom. The molecule has 0 aliphatic carbocycles. The number of aliphatic hydroxyl groups is 1. The van der Waals surface area contributed by atoms with Gasteiger partial charge in [0, 0.05) is 45.0 Å². The average molecular weight is 457 g/mol. The number of hydrogen-bond acceptors (Lipinski definition) is 3. The van der Waals surface area contributed by atoms with Gasteiger partial charge in [0.05, 0.1) is 11.9 Å². The number of guanidine groups is 1. The van der Waals surface area contributed by atoms with E-state index in [1.807, 2.05) is 68.3 Å². The van der Waals surface area contributed by atoms with Crippen LogP contribution in [0.25, 0.3) is 5.69 Å². The second-order valence-corrected chi connectivity index (χ2v) is 5.97. The van der Waals surface area contributed by atoms with E-state index in [2.05, 4.69) is 20.3 Å². The summed E-state index contributed by atoms with van der Waals surface area (Å²) < 4.78 is 1.88. The lowest BCUT2D eigenvalue weighted by Gasteiger charge is -2.22. The molecule has 6 nitrogen and oxygen atoms in total. The maximum atomic E-state index is 9.15. The summed E-state index contributed by atoms with van der Waals surface area (Å²) in [5.41, 5.74) is 2.16. The molecule has 138 valence electrons. The molecule has 0 aliphatic rings. The highest BCUT2D eigenvalue weighted by atomic mass is 127. The van der Waals surface area contributed by atoms with Crippen molar-refractivity contribution in [2.75, 3.05) is 26.7 Å². The molecule has 1 atom stereocenters. The summed E-state index contributed by atoms with van der Waals surface area (Å²) in [4.78, 5) is 6.66. The molecule has 0 spiro atoms. The van der Waals surface area contributed by atoms with Gasteiger partial charge in [0.15, 0.2) is 5.96 Å². The zero-order chi connectivity index (χ0) is 17.4. The summed E-state index contributed by atoms with van der Waals surface area (Å²) in [5.74, 6) is 0.998. The van der Waals surface area contributed by atoms with E-state index in [1.165, 1.54) is 0 Å². The SMILES string of the molecule is CCNC(=NCC(C)CO)N(C)Cc1cnn(-c2ccccc2)c1.I. The third-order valence-electron chi connectivity index (χ3n) is 3.64. The van der Waals surface area contributed by atoms with Crippen LogP contribution >= 0.6 is 24.0 Å². The first-order valence-corrected chi connectivity index (χ1v) is 8.33. The predicted molar refractivity (Wildman–Crippen MR) is 113 cm³/mol. The van der Waals surface area contributed by atoms with Gasteiger partial charge in [0.25, 0.3) is 0 Å². The van der Waals surface area contributed by atoms with E-state index in [0.717, 1.165) is 23.8 Å². The molecule has 0 saturated carbocycles. The molecular formula is C18H28IN5O. The van der Waals surface area contributed by atoms with Crippen LogP contribution in [0.3, 0.4) is 0 Å². The van der Waals surface area contributed by atoms with Crippen molar-refractivity contribution in [2.24, 2.45) is 10.9 Å². The van der Waals surface area contributed by atoms with Gasteiger partial charge in [0.2, 0.25) is 0 Å². The summed E-state index contributed by atoms with van der Waals surface area (Å²) in [7, 11) is 2.00. The molecule has 2 rings (SSSR count). The van der Waals surface area contributed by atoms with Crippen molar-refractivity contribution in [1.29, 1.82) is 0 Å². The Hall–Kier alpha value is -1.61. The minimum atomic E-state index is 0. The van der Waals surface area contributed by atoms with Gasteiger partial charge in [-0.1, -0.05) is 25.1 Å². The van der Waals surface area contributed by atoms with Crippen molar-refractivity contribution in [3.63, 3.8) is 0 Å². The number of nitrogens with one attached hydrogen (secondary N) is 1. The Bertz CT molecular complexity index is 644. The summed E-state index contributed by atoms with van der Waals surface area (Å²) >= 11 is 0. The van der Waals surface area contributed by atoms with Gasteiger partial charge < -0.3 is 15.3 Å². The van der Waals surface area contributed by atoms with E-state index in [1.54, 1.807) is 0 Å². The molecule has 0 fully saturated rings. The van der Waals surface area contributed by atoms with E-state index < -0.39 is 0 Å². The standard InChI is InChI=1S/C18H27N5O.HI/c1-4-19-18(20-10-15(2)14-24)22(3)12-16-11-21-23(13-16)17-8-6-5-7-9-17;/h5-9,11,13,15,24H,4,10,12,14H2,1-3H3,(H,19,20);1H. The van der Waals surface area contributed by atoms with Gasteiger partial charge in [0.1, 0.15) is 0 Å². The molecule has 1 unspecified atom stereocenters. The van der Waals surface area contributed by atoms with Crippen molar-refractivity contribution >= 4 is 29.9 Å². The quantitative estimate of drug-likeness (QED) is 0.381. The highest BCUT2D eigenvalue weighted by Crippen LogP contribution is 2.09. The second-order valence-electron chi connectivity index (χ2n) is 5.97. The van der Waals surface area contributed by atoms with Gasteiger partial charge in [-0.05, 0) is 25.0 Å². The van der Waals surface area contributed by atoms with Crippen LogP contribution in [0, 0.1) is 5.92 Å². The first-order valence-electron chi connectivity index (χ1n) is 8.33. The number of aliphatic imine (C=N–C) groups is 1. The predicted octanol–water partition coefficient (Wildman–Crippen LogP) is 2.52. The van der Waals surface area contributed by atoms with Crippen LogP contribution in [-0.2, 0) is 6.54 Å². The molecule has 0 radical (unpaired) electrons. The summed E-state index contributed by atoms with van der Waals surface area (Å²) in [6.07, 6.45) is 3.91. The molecule has 7 heteroatoms. The van der Waals surface area contributed by atoms with Crippen LogP contribution in [0.1, 0.15) is 19.4 Å². The number of aliphatic hydroxyl groups excluding tert-OH is 1. The van der Waals surface area contributed by atoms with E-state index in [0.29, 0.717) is 13.1 Å². The average Bonchev–Trinajstić information content (AvgIpc) is 3.07. The van der Waals surface area contributed by atoms with E-state index >= 15 is 0 Å². The number of para-hydroxylation sites is 1. The van der Waals surface area contributed by atoms with E-state index in [4.69, 9.17) is 5.11 Å². The number of halogens is 1. The third kappa shape index (κ3) is 6.66. The van der Waals surface area contributed by atoms with Gasteiger partial charge >= 0.3 is 0 Å². The highest BCUT2D eigenvalue weighted by molar-refractivity contribution is 14.0. The fourth-order valence-electron chi connectivity index (χ4n) is 2.28. The minimum absolute atomic E-state index is 0. The minimum Gasteiger partial charge on any atom is -0.396 e. The lowest BCUT2D eigenvalue weighted by Crippen LogP contribution is -2.38. The van der Waals surface area contributed by atoms with Crippen LogP contribution in [-0.4, -0.2) is 52.5 Å². The van der Waals surface area contributed by atoms with E-state index in [-0.39, 0.29) is 36.5 Å². The van der Waals surface area contributed by atoms with Gasteiger partial charge in [-0.2, -0.15) is 5.10 Å². The molecule has 0 aliphatic heterocycles. The second kappa shape index (κ2) is 11.1. The number of nitrogens with zero attached hydrogens (tertiary/aromatic N) is 4. The Morgan fingerprint density at radius 2 is 2.08 bits per heavy atom. The zero-order valence-corrected chi connectivity index (χ0v) is 17.4. The van der Waals surface area contributed by atoms with Gasteiger partial charge in [-0.25, -0.2) is 4.68 Å². The Labute approximate surface area is 167 Å².